The lowest BCUT2D eigenvalue weighted by atomic mass is 9.87. The smallest absolute Gasteiger partial charge is 0.263 e. The molecule has 2 aliphatic rings. The highest BCUT2D eigenvalue weighted by Gasteiger charge is 2.27. The number of carbonyl (C=O) groups is 1. The summed E-state index contributed by atoms with van der Waals surface area (Å²) in [6, 6.07) is 0.196. The Morgan fingerprint density at radius 3 is 2.55 bits per heavy atom. The van der Waals surface area contributed by atoms with Crippen molar-refractivity contribution in [2.75, 3.05) is 0 Å². The highest BCUT2D eigenvalue weighted by molar-refractivity contribution is 5.93. The number of aromatic nitrogens is 2. The van der Waals surface area contributed by atoms with Crippen LogP contribution in [0.1, 0.15) is 67.5 Å². The molecule has 108 valence electrons. The minimum absolute atomic E-state index is 0.132. The molecule has 0 spiro atoms. The van der Waals surface area contributed by atoms with E-state index in [1.165, 1.54) is 6.20 Å². The van der Waals surface area contributed by atoms with Crippen LogP contribution in [0.3, 0.4) is 0 Å². The van der Waals surface area contributed by atoms with Gasteiger partial charge in [-0.2, -0.15) is 0 Å². The zero-order valence-electron chi connectivity index (χ0n) is 11.8. The van der Waals surface area contributed by atoms with Gasteiger partial charge in [0, 0.05) is 18.2 Å². The van der Waals surface area contributed by atoms with Crippen molar-refractivity contribution in [1.29, 1.82) is 0 Å². The summed E-state index contributed by atoms with van der Waals surface area (Å²) in [5, 5.41) is 2.96. The lowest BCUT2D eigenvalue weighted by molar-refractivity contribution is 0.0921. The van der Waals surface area contributed by atoms with E-state index in [1.807, 2.05) is 0 Å². The third kappa shape index (κ3) is 2.92. The van der Waals surface area contributed by atoms with Crippen molar-refractivity contribution in [2.45, 2.75) is 57.4 Å². The molecule has 0 aliphatic heterocycles. The molecule has 2 aliphatic carbocycles. The fourth-order valence-electron chi connectivity index (χ4n) is 2.80. The van der Waals surface area contributed by atoms with Gasteiger partial charge < -0.3 is 10.3 Å². The van der Waals surface area contributed by atoms with E-state index in [1.54, 1.807) is 0 Å². The zero-order chi connectivity index (χ0) is 14.1. The van der Waals surface area contributed by atoms with Gasteiger partial charge in [-0.15, -0.1) is 0 Å². The molecule has 2 fully saturated rings. The normalized spacial score (nSPS) is 26.2. The van der Waals surface area contributed by atoms with Crippen LogP contribution in [-0.4, -0.2) is 21.9 Å². The van der Waals surface area contributed by atoms with Crippen LogP contribution in [0.5, 0.6) is 0 Å². The van der Waals surface area contributed by atoms with Crippen molar-refractivity contribution in [3.05, 3.63) is 27.9 Å². The number of H-pyrrole nitrogens is 1. The summed E-state index contributed by atoms with van der Waals surface area (Å²) in [4.78, 5) is 31.0. The van der Waals surface area contributed by atoms with Gasteiger partial charge in [-0.1, -0.05) is 6.92 Å². The average molecular weight is 275 g/mol. The third-order valence-corrected chi connectivity index (χ3v) is 4.38. The van der Waals surface area contributed by atoms with E-state index in [4.69, 9.17) is 0 Å². The van der Waals surface area contributed by atoms with Crippen LogP contribution in [0.4, 0.5) is 0 Å². The van der Waals surface area contributed by atoms with Crippen LogP contribution in [0, 0.1) is 5.92 Å². The lowest BCUT2D eigenvalue weighted by Crippen LogP contribution is -2.39. The molecule has 0 saturated heterocycles. The molecule has 5 nitrogen and oxygen atoms in total. The molecular formula is C15H21N3O2. The molecule has 0 bridgehead atoms. The topological polar surface area (TPSA) is 74.8 Å². The molecule has 0 radical (unpaired) electrons. The summed E-state index contributed by atoms with van der Waals surface area (Å²) < 4.78 is 0. The van der Waals surface area contributed by atoms with Gasteiger partial charge in [-0.25, -0.2) is 4.98 Å². The summed E-state index contributed by atoms with van der Waals surface area (Å²) in [5.41, 5.74) is -0.184. The van der Waals surface area contributed by atoms with Gasteiger partial charge in [-0.05, 0) is 44.4 Å². The van der Waals surface area contributed by atoms with Crippen molar-refractivity contribution in [3.8, 4) is 0 Å². The summed E-state index contributed by atoms with van der Waals surface area (Å²) in [5.74, 6) is 1.56. The van der Waals surface area contributed by atoms with Crippen LogP contribution >= 0.6 is 0 Å². The molecule has 1 aromatic rings. The second-order valence-electron chi connectivity index (χ2n) is 6.22. The Hall–Kier alpha value is -1.65. The molecule has 2 saturated carbocycles. The SMILES string of the molecule is CC1CCC(NC(=O)c2cnc(C3CC3)[nH]c2=O)CC1. The Morgan fingerprint density at radius 1 is 1.25 bits per heavy atom. The lowest BCUT2D eigenvalue weighted by Gasteiger charge is -2.26. The van der Waals surface area contributed by atoms with Crippen molar-refractivity contribution in [3.63, 3.8) is 0 Å². The van der Waals surface area contributed by atoms with Crippen molar-refractivity contribution >= 4 is 5.91 Å². The van der Waals surface area contributed by atoms with Gasteiger partial charge in [0.05, 0.1) is 0 Å². The molecule has 1 aromatic heterocycles. The predicted octanol–water partition coefficient (Wildman–Crippen LogP) is 1.96. The van der Waals surface area contributed by atoms with Crippen molar-refractivity contribution in [1.82, 2.24) is 15.3 Å². The molecule has 0 atom stereocenters. The van der Waals surface area contributed by atoms with E-state index >= 15 is 0 Å². The quantitative estimate of drug-likeness (QED) is 0.885. The number of nitrogens with zero attached hydrogens (tertiary/aromatic N) is 1. The first-order valence-corrected chi connectivity index (χ1v) is 7.53. The molecule has 3 rings (SSSR count). The highest BCUT2D eigenvalue weighted by Crippen LogP contribution is 2.37. The molecule has 20 heavy (non-hydrogen) atoms. The number of hydrogen-bond acceptors (Lipinski definition) is 3. The van der Waals surface area contributed by atoms with Gasteiger partial charge in [0.15, 0.2) is 0 Å². The van der Waals surface area contributed by atoms with Gasteiger partial charge >= 0.3 is 0 Å². The third-order valence-electron chi connectivity index (χ3n) is 4.38. The van der Waals surface area contributed by atoms with Gasteiger partial charge in [0.2, 0.25) is 0 Å². The van der Waals surface area contributed by atoms with Crippen LogP contribution < -0.4 is 10.9 Å². The average Bonchev–Trinajstić information content (AvgIpc) is 3.25. The summed E-state index contributed by atoms with van der Waals surface area (Å²) >= 11 is 0. The zero-order valence-corrected chi connectivity index (χ0v) is 11.8. The first-order valence-electron chi connectivity index (χ1n) is 7.53. The first kappa shape index (κ1) is 13.3. The minimum atomic E-state index is -0.316. The van der Waals surface area contributed by atoms with Crippen LogP contribution in [0.25, 0.3) is 0 Å². The molecule has 0 aromatic carbocycles. The Kier molecular flexibility index (Phi) is 3.59. The number of carbonyl (C=O) groups excluding carboxylic acids is 1. The van der Waals surface area contributed by atoms with Gasteiger partial charge in [0.25, 0.3) is 11.5 Å². The van der Waals surface area contributed by atoms with Crippen molar-refractivity contribution in [2.24, 2.45) is 5.92 Å². The maximum Gasteiger partial charge on any atom is 0.263 e. The van der Waals surface area contributed by atoms with E-state index in [0.717, 1.165) is 50.3 Å². The first-order chi connectivity index (χ1) is 9.63. The fraction of sp³-hybridized carbons (Fsp3) is 0.667. The van der Waals surface area contributed by atoms with Crippen molar-refractivity contribution < 1.29 is 4.79 Å². The number of rotatable bonds is 3. The number of hydrogen-bond donors (Lipinski definition) is 2. The Morgan fingerprint density at radius 2 is 1.95 bits per heavy atom. The maximum absolute atomic E-state index is 12.1. The van der Waals surface area contributed by atoms with E-state index < -0.39 is 0 Å². The van der Waals surface area contributed by atoms with Crippen LogP contribution in [-0.2, 0) is 0 Å². The minimum Gasteiger partial charge on any atom is -0.349 e. The van der Waals surface area contributed by atoms with Crippen LogP contribution in [0.15, 0.2) is 11.0 Å². The van der Waals surface area contributed by atoms with Crippen LogP contribution in [0.2, 0.25) is 0 Å². The standard InChI is InChI=1S/C15H21N3O2/c1-9-2-6-11(7-3-9)17-14(19)12-8-16-13(10-4-5-10)18-15(12)20/h8-11H,2-7H2,1H3,(H,17,19)(H,16,18,20). The molecule has 1 heterocycles. The second-order valence-corrected chi connectivity index (χ2v) is 6.22. The number of aromatic amines is 1. The number of nitrogens with one attached hydrogen (secondary N) is 2. The molecule has 0 unspecified atom stereocenters. The molecular weight excluding hydrogens is 254 g/mol. The largest absolute Gasteiger partial charge is 0.349 e. The number of amides is 1. The Labute approximate surface area is 118 Å². The van der Waals surface area contributed by atoms with E-state index in [9.17, 15) is 9.59 Å². The monoisotopic (exact) mass is 275 g/mol. The molecule has 2 N–H and O–H groups in total. The molecule has 1 amide bonds. The Balaban J connectivity index is 1.66. The fourth-order valence-corrected chi connectivity index (χ4v) is 2.80. The Bertz CT molecular complexity index is 554. The van der Waals surface area contributed by atoms with E-state index in [2.05, 4.69) is 22.2 Å². The molecule has 5 heteroatoms. The van der Waals surface area contributed by atoms with E-state index in [-0.39, 0.29) is 23.1 Å². The summed E-state index contributed by atoms with van der Waals surface area (Å²) in [6.07, 6.45) is 7.86. The highest BCUT2D eigenvalue weighted by atomic mass is 16.2. The summed E-state index contributed by atoms with van der Waals surface area (Å²) in [6.45, 7) is 2.24. The predicted molar refractivity (Wildman–Crippen MR) is 75.7 cm³/mol. The van der Waals surface area contributed by atoms with E-state index in [0.29, 0.717) is 5.92 Å². The summed E-state index contributed by atoms with van der Waals surface area (Å²) in [7, 11) is 0. The van der Waals surface area contributed by atoms with Gasteiger partial charge in [0.1, 0.15) is 11.4 Å². The maximum atomic E-state index is 12.1. The van der Waals surface area contributed by atoms with Gasteiger partial charge in [-0.3, -0.25) is 9.59 Å². The second kappa shape index (κ2) is 5.38.